The van der Waals surface area contributed by atoms with Crippen LogP contribution in [0.25, 0.3) is 0 Å². The largest absolute Gasteiger partial charge is 0.489 e. The molecule has 0 atom stereocenters. The van der Waals surface area contributed by atoms with Crippen LogP contribution < -0.4 is 10.1 Å². The molecule has 2 rings (SSSR count). The van der Waals surface area contributed by atoms with E-state index in [0.29, 0.717) is 13.2 Å². The summed E-state index contributed by atoms with van der Waals surface area (Å²) in [6, 6.07) is 12.2. The number of para-hydroxylation sites is 1. The summed E-state index contributed by atoms with van der Waals surface area (Å²) in [4.78, 5) is 12.0. The second kappa shape index (κ2) is 9.27. The van der Waals surface area contributed by atoms with Gasteiger partial charge in [-0.1, -0.05) is 51.1 Å². The van der Waals surface area contributed by atoms with E-state index < -0.39 is 6.09 Å². The first-order valence-corrected chi connectivity index (χ1v) is 9.24. The molecule has 2 aromatic carbocycles. The van der Waals surface area contributed by atoms with Crippen LogP contribution in [0.4, 0.5) is 10.5 Å². The van der Waals surface area contributed by atoms with Gasteiger partial charge in [0.1, 0.15) is 12.4 Å². The van der Waals surface area contributed by atoms with E-state index in [1.807, 2.05) is 24.3 Å². The second-order valence-corrected chi connectivity index (χ2v) is 6.62. The second-order valence-electron chi connectivity index (χ2n) is 6.62. The Morgan fingerprint density at radius 3 is 2.54 bits per heavy atom. The number of carbonyl (C=O) groups excluding carboxylic acids is 1. The molecule has 0 saturated heterocycles. The average Bonchev–Trinajstić information content (AvgIpc) is 2.61. The summed E-state index contributed by atoms with van der Waals surface area (Å²) in [5.41, 5.74) is 5.19. The highest BCUT2D eigenvalue weighted by molar-refractivity contribution is 5.87. The molecular formula is C22H29NO3. The van der Waals surface area contributed by atoms with Crippen LogP contribution in [0.5, 0.6) is 5.75 Å². The molecule has 0 aliphatic carbocycles. The fraction of sp³-hybridized carbons (Fsp3) is 0.409. The molecule has 1 amide bonds. The Morgan fingerprint density at radius 2 is 1.92 bits per heavy atom. The smallest absolute Gasteiger partial charge is 0.411 e. The number of aryl methyl sites for hydroxylation is 2. The van der Waals surface area contributed by atoms with Gasteiger partial charge in [0.15, 0.2) is 0 Å². The first-order chi connectivity index (χ1) is 12.5. The van der Waals surface area contributed by atoms with Crippen LogP contribution in [0.15, 0.2) is 36.4 Å². The van der Waals surface area contributed by atoms with E-state index in [1.165, 1.54) is 5.56 Å². The number of carbonyl (C=O) groups is 1. The molecular weight excluding hydrogens is 326 g/mol. The number of hydrogen-bond acceptors (Lipinski definition) is 3. The predicted molar refractivity (Wildman–Crippen MR) is 106 cm³/mol. The van der Waals surface area contributed by atoms with Crippen molar-refractivity contribution in [2.24, 2.45) is 0 Å². The minimum atomic E-state index is -0.440. The Kier molecular flexibility index (Phi) is 7.07. The standard InChI is InChI=1S/C22H29NO3/c1-6-17-11-12-20(16(5)13-17)26-14-18-9-8-10-19(15(3)4)21(18)23-22(24)25-7-2/h8-13,15H,6-7,14H2,1-5H3,(H,23,24). The Labute approximate surface area is 156 Å². The van der Waals surface area contributed by atoms with Crippen molar-refractivity contribution in [3.8, 4) is 5.75 Å². The van der Waals surface area contributed by atoms with E-state index >= 15 is 0 Å². The molecule has 26 heavy (non-hydrogen) atoms. The first-order valence-electron chi connectivity index (χ1n) is 9.24. The molecule has 140 valence electrons. The van der Waals surface area contributed by atoms with Gasteiger partial charge in [-0.25, -0.2) is 4.79 Å². The summed E-state index contributed by atoms with van der Waals surface area (Å²) in [6.07, 6.45) is 0.566. The molecule has 4 heteroatoms. The molecule has 0 bridgehead atoms. The molecule has 0 spiro atoms. The molecule has 0 aromatic heterocycles. The lowest BCUT2D eigenvalue weighted by Crippen LogP contribution is -2.17. The van der Waals surface area contributed by atoms with Crippen LogP contribution in [0, 0.1) is 6.92 Å². The molecule has 0 saturated carbocycles. The van der Waals surface area contributed by atoms with E-state index in [-0.39, 0.29) is 5.92 Å². The number of hydrogen-bond donors (Lipinski definition) is 1. The Balaban J connectivity index is 2.25. The monoisotopic (exact) mass is 355 g/mol. The molecule has 0 heterocycles. The maximum absolute atomic E-state index is 12.0. The van der Waals surface area contributed by atoms with Crippen molar-refractivity contribution >= 4 is 11.8 Å². The maximum Gasteiger partial charge on any atom is 0.411 e. The fourth-order valence-electron chi connectivity index (χ4n) is 2.89. The van der Waals surface area contributed by atoms with Crippen molar-refractivity contribution in [2.45, 2.75) is 53.6 Å². The summed E-state index contributed by atoms with van der Waals surface area (Å²) in [5.74, 6) is 1.14. The summed E-state index contributed by atoms with van der Waals surface area (Å²) >= 11 is 0. The lowest BCUT2D eigenvalue weighted by molar-refractivity contribution is 0.168. The van der Waals surface area contributed by atoms with Gasteiger partial charge in [0.2, 0.25) is 0 Å². The van der Waals surface area contributed by atoms with Crippen molar-refractivity contribution in [1.29, 1.82) is 0 Å². The zero-order valence-corrected chi connectivity index (χ0v) is 16.4. The zero-order valence-electron chi connectivity index (χ0n) is 16.4. The number of ether oxygens (including phenoxy) is 2. The first kappa shape index (κ1) is 19.8. The number of benzene rings is 2. The van der Waals surface area contributed by atoms with Gasteiger partial charge < -0.3 is 9.47 Å². The highest BCUT2D eigenvalue weighted by Gasteiger charge is 2.15. The van der Waals surface area contributed by atoms with Gasteiger partial charge >= 0.3 is 6.09 Å². The topological polar surface area (TPSA) is 47.6 Å². The van der Waals surface area contributed by atoms with Gasteiger partial charge in [-0.05, 0) is 48.9 Å². The lowest BCUT2D eigenvalue weighted by Gasteiger charge is -2.19. The third-order valence-corrected chi connectivity index (χ3v) is 4.34. The molecule has 4 nitrogen and oxygen atoms in total. The van der Waals surface area contributed by atoms with E-state index in [4.69, 9.17) is 9.47 Å². The van der Waals surface area contributed by atoms with E-state index in [0.717, 1.165) is 34.5 Å². The quantitative estimate of drug-likeness (QED) is 0.680. The van der Waals surface area contributed by atoms with Crippen molar-refractivity contribution in [1.82, 2.24) is 0 Å². The lowest BCUT2D eigenvalue weighted by atomic mass is 9.98. The van der Waals surface area contributed by atoms with Gasteiger partial charge in [-0.2, -0.15) is 0 Å². The van der Waals surface area contributed by atoms with Crippen molar-refractivity contribution in [2.75, 3.05) is 11.9 Å². The molecule has 0 radical (unpaired) electrons. The SMILES string of the molecule is CCOC(=O)Nc1c(COc2ccc(CC)cc2C)cccc1C(C)C. The predicted octanol–water partition coefficient (Wildman–Crippen LogP) is 5.83. The van der Waals surface area contributed by atoms with Crippen LogP contribution in [0.3, 0.4) is 0 Å². The third kappa shape index (κ3) is 5.01. The average molecular weight is 355 g/mol. The van der Waals surface area contributed by atoms with Crippen LogP contribution in [-0.4, -0.2) is 12.7 Å². The molecule has 0 aliphatic heterocycles. The molecule has 0 fully saturated rings. The highest BCUT2D eigenvalue weighted by atomic mass is 16.5. The fourth-order valence-corrected chi connectivity index (χ4v) is 2.89. The minimum Gasteiger partial charge on any atom is -0.489 e. The third-order valence-electron chi connectivity index (χ3n) is 4.34. The Morgan fingerprint density at radius 1 is 1.15 bits per heavy atom. The Bertz CT molecular complexity index is 753. The van der Waals surface area contributed by atoms with E-state index in [9.17, 15) is 4.79 Å². The van der Waals surface area contributed by atoms with Crippen LogP contribution >= 0.6 is 0 Å². The normalized spacial score (nSPS) is 10.7. The van der Waals surface area contributed by atoms with Gasteiger partial charge in [-0.3, -0.25) is 5.32 Å². The van der Waals surface area contributed by atoms with Gasteiger partial charge in [-0.15, -0.1) is 0 Å². The van der Waals surface area contributed by atoms with E-state index in [1.54, 1.807) is 6.92 Å². The van der Waals surface area contributed by atoms with E-state index in [2.05, 4.69) is 45.1 Å². The summed E-state index contributed by atoms with van der Waals surface area (Å²) in [6.45, 7) is 10.9. The van der Waals surface area contributed by atoms with Gasteiger partial charge in [0, 0.05) is 5.56 Å². The Hall–Kier alpha value is -2.49. The van der Waals surface area contributed by atoms with Crippen molar-refractivity contribution < 1.29 is 14.3 Å². The summed E-state index contributed by atoms with van der Waals surface area (Å²) in [5, 5.41) is 2.89. The van der Waals surface area contributed by atoms with Crippen LogP contribution in [0.1, 0.15) is 55.9 Å². The van der Waals surface area contributed by atoms with Gasteiger partial charge in [0.05, 0.1) is 12.3 Å². The van der Waals surface area contributed by atoms with Crippen LogP contribution in [0.2, 0.25) is 0 Å². The molecule has 0 aliphatic rings. The highest BCUT2D eigenvalue weighted by Crippen LogP contribution is 2.30. The van der Waals surface area contributed by atoms with Crippen molar-refractivity contribution in [3.63, 3.8) is 0 Å². The number of nitrogens with one attached hydrogen (secondary N) is 1. The zero-order chi connectivity index (χ0) is 19.1. The summed E-state index contributed by atoms with van der Waals surface area (Å²) < 4.78 is 11.1. The molecule has 2 aromatic rings. The summed E-state index contributed by atoms with van der Waals surface area (Å²) in [7, 11) is 0. The maximum atomic E-state index is 12.0. The minimum absolute atomic E-state index is 0.275. The number of amides is 1. The number of anilines is 1. The number of rotatable bonds is 7. The van der Waals surface area contributed by atoms with Crippen LogP contribution in [-0.2, 0) is 17.8 Å². The van der Waals surface area contributed by atoms with Crippen molar-refractivity contribution in [3.05, 3.63) is 58.7 Å². The molecule has 0 unspecified atom stereocenters. The molecule has 1 N–H and O–H groups in total. The van der Waals surface area contributed by atoms with Gasteiger partial charge in [0.25, 0.3) is 0 Å².